The molecule has 0 atom stereocenters. The largest absolute Gasteiger partial charge is 0.326 e. The van der Waals surface area contributed by atoms with Crippen molar-refractivity contribution in [3.05, 3.63) is 29.2 Å². The molecule has 4 nitrogen and oxygen atoms in total. The SMILES string of the molecule is CC(C)(N)CCc1nc2cc(Cl)ccn2n1. The van der Waals surface area contributed by atoms with E-state index in [0.29, 0.717) is 5.02 Å². The molecule has 16 heavy (non-hydrogen) atoms. The van der Waals surface area contributed by atoms with Gasteiger partial charge in [-0.05, 0) is 26.3 Å². The molecule has 0 aliphatic rings. The van der Waals surface area contributed by atoms with Crippen LogP contribution in [-0.4, -0.2) is 20.1 Å². The van der Waals surface area contributed by atoms with Crippen molar-refractivity contribution >= 4 is 17.2 Å². The molecule has 0 unspecified atom stereocenters. The number of fused-ring (bicyclic) bond motifs is 1. The van der Waals surface area contributed by atoms with Gasteiger partial charge in [0.05, 0.1) is 0 Å². The van der Waals surface area contributed by atoms with Crippen molar-refractivity contribution < 1.29 is 0 Å². The average Bonchev–Trinajstić information content (AvgIpc) is 2.55. The maximum absolute atomic E-state index is 5.92. The highest BCUT2D eigenvalue weighted by atomic mass is 35.5. The van der Waals surface area contributed by atoms with Gasteiger partial charge in [-0.15, -0.1) is 0 Å². The molecule has 2 N–H and O–H groups in total. The first kappa shape index (κ1) is 11.4. The summed E-state index contributed by atoms with van der Waals surface area (Å²) in [5.74, 6) is 0.806. The molecule has 2 aromatic heterocycles. The normalized spacial score (nSPS) is 12.2. The van der Waals surface area contributed by atoms with E-state index in [1.165, 1.54) is 0 Å². The third kappa shape index (κ3) is 2.71. The van der Waals surface area contributed by atoms with Crippen molar-refractivity contribution in [1.82, 2.24) is 14.6 Å². The van der Waals surface area contributed by atoms with E-state index in [9.17, 15) is 0 Å². The second-order valence-electron chi connectivity index (χ2n) is 4.66. The quantitative estimate of drug-likeness (QED) is 0.891. The summed E-state index contributed by atoms with van der Waals surface area (Å²) in [6.45, 7) is 4.00. The molecule has 0 spiro atoms. The van der Waals surface area contributed by atoms with Crippen LogP contribution in [-0.2, 0) is 6.42 Å². The molecule has 0 aliphatic carbocycles. The van der Waals surface area contributed by atoms with Gasteiger partial charge < -0.3 is 5.73 Å². The number of aromatic nitrogens is 3. The first-order valence-electron chi connectivity index (χ1n) is 5.24. The van der Waals surface area contributed by atoms with Gasteiger partial charge >= 0.3 is 0 Å². The fourth-order valence-corrected chi connectivity index (χ4v) is 1.60. The first-order chi connectivity index (χ1) is 7.44. The van der Waals surface area contributed by atoms with E-state index in [4.69, 9.17) is 17.3 Å². The topological polar surface area (TPSA) is 56.2 Å². The molecule has 2 rings (SSSR count). The maximum Gasteiger partial charge on any atom is 0.157 e. The van der Waals surface area contributed by atoms with Gasteiger partial charge in [-0.3, -0.25) is 0 Å². The summed E-state index contributed by atoms with van der Waals surface area (Å²) < 4.78 is 1.73. The number of pyridine rings is 1. The molecule has 0 saturated heterocycles. The number of hydrogen-bond donors (Lipinski definition) is 1. The summed E-state index contributed by atoms with van der Waals surface area (Å²) in [7, 11) is 0. The van der Waals surface area contributed by atoms with Gasteiger partial charge in [0.25, 0.3) is 0 Å². The third-order valence-electron chi connectivity index (χ3n) is 2.34. The van der Waals surface area contributed by atoms with Crippen LogP contribution in [0.4, 0.5) is 0 Å². The monoisotopic (exact) mass is 238 g/mol. The number of aryl methyl sites for hydroxylation is 1. The Bertz CT molecular complexity index is 498. The molecule has 0 bridgehead atoms. The molecule has 5 heteroatoms. The average molecular weight is 239 g/mol. The van der Waals surface area contributed by atoms with Crippen molar-refractivity contribution in [3.63, 3.8) is 0 Å². The zero-order valence-corrected chi connectivity index (χ0v) is 10.2. The zero-order chi connectivity index (χ0) is 11.8. The van der Waals surface area contributed by atoms with Crippen LogP contribution in [0.25, 0.3) is 5.65 Å². The predicted molar refractivity (Wildman–Crippen MR) is 64.6 cm³/mol. The number of hydrogen-bond acceptors (Lipinski definition) is 3. The van der Waals surface area contributed by atoms with E-state index >= 15 is 0 Å². The van der Waals surface area contributed by atoms with Crippen LogP contribution in [0, 0.1) is 0 Å². The summed E-state index contributed by atoms with van der Waals surface area (Å²) in [5.41, 5.74) is 6.51. The smallest absolute Gasteiger partial charge is 0.157 e. The highest BCUT2D eigenvalue weighted by molar-refractivity contribution is 6.30. The predicted octanol–water partition coefficient (Wildman–Crippen LogP) is 2.05. The Kier molecular flexibility index (Phi) is 2.86. The van der Waals surface area contributed by atoms with Crippen LogP contribution < -0.4 is 5.73 Å². The second-order valence-corrected chi connectivity index (χ2v) is 5.10. The molecule has 2 heterocycles. The highest BCUT2D eigenvalue weighted by Crippen LogP contribution is 2.13. The first-order valence-corrected chi connectivity index (χ1v) is 5.61. The molecule has 0 radical (unpaired) electrons. The Morgan fingerprint density at radius 1 is 1.50 bits per heavy atom. The van der Waals surface area contributed by atoms with E-state index in [0.717, 1.165) is 24.3 Å². The minimum absolute atomic E-state index is 0.185. The van der Waals surface area contributed by atoms with E-state index in [2.05, 4.69) is 10.1 Å². The van der Waals surface area contributed by atoms with Gasteiger partial charge in [0, 0.05) is 29.2 Å². The summed E-state index contributed by atoms with van der Waals surface area (Å²) in [6, 6.07) is 3.59. The molecule has 0 saturated carbocycles. The lowest BCUT2D eigenvalue weighted by molar-refractivity contribution is 0.471. The van der Waals surface area contributed by atoms with Crippen molar-refractivity contribution in [3.8, 4) is 0 Å². The molecule has 0 fully saturated rings. The van der Waals surface area contributed by atoms with Gasteiger partial charge in [0.2, 0.25) is 0 Å². The van der Waals surface area contributed by atoms with E-state index < -0.39 is 0 Å². The molecule has 0 amide bonds. The summed E-state index contributed by atoms with van der Waals surface area (Å²) in [4.78, 5) is 4.39. The van der Waals surface area contributed by atoms with Gasteiger partial charge in [-0.1, -0.05) is 11.6 Å². The summed E-state index contributed by atoms with van der Waals surface area (Å²) in [5, 5.41) is 5.02. The van der Waals surface area contributed by atoms with Crippen molar-refractivity contribution in [2.45, 2.75) is 32.2 Å². The van der Waals surface area contributed by atoms with Crippen LogP contribution >= 0.6 is 11.6 Å². The number of nitrogens with zero attached hydrogens (tertiary/aromatic N) is 3. The fraction of sp³-hybridized carbons (Fsp3) is 0.455. The number of nitrogens with two attached hydrogens (primary N) is 1. The minimum Gasteiger partial charge on any atom is -0.326 e. The van der Waals surface area contributed by atoms with E-state index in [1.807, 2.05) is 20.0 Å². The van der Waals surface area contributed by atoms with Gasteiger partial charge in [-0.25, -0.2) is 9.50 Å². The lowest BCUT2D eigenvalue weighted by atomic mass is 10.0. The second kappa shape index (κ2) is 4.03. The van der Waals surface area contributed by atoms with Crippen LogP contribution in [0.2, 0.25) is 5.02 Å². The zero-order valence-electron chi connectivity index (χ0n) is 9.44. The molecule has 86 valence electrons. The van der Waals surface area contributed by atoms with Gasteiger partial charge in [0.15, 0.2) is 11.5 Å². The van der Waals surface area contributed by atoms with Crippen molar-refractivity contribution in [1.29, 1.82) is 0 Å². The number of rotatable bonds is 3. The number of halogens is 1. The Balaban J connectivity index is 2.20. The third-order valence-corrected chi connectivity index (χ3v) is 2.57. The maximum atomic E-state index is 5.92. The van der Waals surface area contributed by atoms with Crippen LogP contribution in [0.1, 0.15) is 26.1 Å². The van der Waals surface area contributed by atoms with Crippen LogP contribution in [0.15, 0.2) is 18.3 Å². The Labute approximate surface area is 99.4 Å². The van der Waals surface area contributed by atoms with Gasteiger partial charge in [-0.2, -0.15) is 5.10 Å². The van der Waals surface area contributed by atoms with Crippen molar-refractivity contribution in [2.75, 3.05) is 0 Å². The Morgan fingerprint density at radius 3 is 2.94 bits per heavy atom. The van der Waals surface area contributed by atoms with E-state index in [1.54, 1.807) is 16.6 Å². The summed E-state index contributed by atoms with van der Waals surface area (Å²) >= 11 is 5.88. The van der Waals surface area contributed by atoms with Gasteiger partial charge in [0.1, 0.15) is 0 Å². The van der Waals surface area contributed by atoms with Crippen LogP contribution in [0.5, 0.6) is 0 Å². The van der Waals surface area contributed by atoms with E-state index in [-0.39, 0.29) is 5.54 Å². The Morgan fingerprint density at radius 2 is 2.25 bits per heavy atom. The lowest BCUT2D eigenvalue weighted by Crippen LogP contribution is -2.32. The molecular weight excluding hydrogens is 224 g/mol. The lowest BCUT2D eigenvalue weighted by Gasteiger charge is -2.16. The molecular formula is C11H15ClN4. The van der Waals surface area contributed by atoms with Crippen LogP contribution in [0.3, 0.4) is 0 Å². The highest BCUT2D eigenvalue weighted by Gasteiger charge is 2.12. The standard InChI is InChI=1S/C11H15ClN4/c1-11(2,13)5-3-9-14-10-7-8(12)4-6-16(10)15-9/h4,6-7H,3,5,13H2,1-2H3. The summed E-state index contributed by atoms with van der Waals surface area (Å²) in [6.07, 6.45) is 3.45. The minimum atomic E-state index is -0.185. The molecule has 0 aliphatic heterocycles. The molecule has 0 aromatic carbocycles. The Hall–Kier alpha value is -1.13. The van der Waals surface area contributed by atoms with Crippen molar-refractivity contribution in [2.24, 2.45) is 5.73 Å². The fourth-order valence-electron chi connectivity index (χ4n) is 1.44. The molecule has 2 aromatic rings.